The maximum Gasteiger partial charge on any atom is 0.273 e. The number of hydrogen-bond acceptors (Lipinski definition) is 2. The van der Waals surface area contributed by atoms with Crippen LogP contribution in [0.15, 0.2) is 22.8 Å². The summed E-state index contributed by atoms with van der Waals surface area (Å²) in [4.78, 5) is 16.7. The number of hydrogen-bond donors (Lipinski definition) is 1. The fraction of sp³-hybridized carbons (Fsp3) is 0.286. The van der Waals surface area contributed by atoms with Crippen LogP contribution in [-0.2, 0) is 0 Å². The van der Waals surface area contributed by atoms with Crippen molar-refractivity contribution in [2.75, 3.05) is 5.32 Å². The Morgan fingerprint density at radius 3 is 2.76 bits per heavy atom. The monoisotopic (exact) mass is 387 g/mol. The molecule has 0 atom stereocenters. The first-order valence-corrected chi connectivity index (χ1v) is 8.02. The van der Waals surface area contributed by atoms with Crippen molar-refractivity contribution in [3.8, 4) is 0 Å². The van der Waals surface area contributed by atoms with Crippen LogP contribution in [0, 0.1) is 6.92 Å². The van der Waals surface area contributed by atoms with Gasteiger partial charge in [0.2, 0.25) is 0 Å². The summed E-state index contributed by atoms with van der Waals surface area (Å²) in [7, 11) is 0. The number of aromatic nitrogens is 2. The highest BCUT2D eigenvalue weighted by molar-refractivity contribution is 9.10. The quantitative estimate of drug-likeness (QED) is 0.816. The minimum atomic E-state index is -0.233. The van der Waals surface area contributed by atoms with Gasteiger partial charge in [-0.05, 0) is 47.8 Å². The fourth-order valence-corrected chi connectivity index (χ4v) is 2.94. The van der Waals surface area contributed by atoms with Crippen molar-refractivity contribution in [3.63, 3.8) is 0 Å². The molecule has 2 aromatic heterocycles. The first-order valence-electron chi connectivity index (χ1n) is 6.47. The molecule has 2 aromatic rings. The van der Waals surface area contributed by atoms with E-state index in [2.05, 4.69) is 26.2 Å². The number of carbonyl (C=O) groups is 1. The van der Waals surface area contributed by atoms with E-state index < -0.39 is 0 Å². The number of halogens is 3. The molecule has 1 N–H and O–H groups in total. The molecule has 1 fully saturated rings. The molecule has 7 heteroatoms. The van der Waals surface area contributed by atoms with Gasteiger partial charge in [0.1, 0.15) is 5.69 Å². The lowest BCUT2D eigenvalue weighted by Crippen LogP contribution is -2.17. The Hall–Kier alpha value is -1.04. The van der Waals surface area contributed by atoms with Gasteiger partial charge < -0.3 is 9.88 Å². The van der Waals surface area contributed by atoms with Gasteiger partial charge in [0.25, 0.3) is 5.91 Å². The van der Waals surface area contributed by atoms with Gasteiger partial charge >= 0.3 is 0 Å². The van der Waals surface area contributed by atoms with Crippen molar-refractivity contribution >= 4 is 50.9 Å². The number of nitrogens with zero attached hydrogens (tertiary/aromatic N) is 2. The number of anilines is 1. The normalized spacial score (nSPS) is 14.3. The Balaban J connectivity index is 1.88. The van der Waals surface area contributed by atoms with Gasteiger partial charge in [-0.15, -0.1) is 0 Å². The number of amides is 1. The first kappa shape index (κ1) is 14.9. The summed E-state index contributed by atoms with van der Waals surface area (Å²) in [5.74, 6) is 0.0898. The molecule has 0 saturated heterocycles. The second kappa shape index (κ2) is 5.63. The van der Waals surface area contributed by atoms with Crippen LogP contribution in [0.3, 0.4) is 0 Å². The number of nitrogens with one attached hydrogen (secondary N) is 1. The Labute approximate surface area is 140 Å². The number of carbonyl (C=O) groups excluding carboxylic acids is 1. The average molecular weight is 389 g/mol. The predicted molar refractivity (Wildman–Crippen MR) is 87.4 cm³/mol. The second-order valence-electron chi connectivity index (χ2n) is 5.02. The zero-order chi connectivity index (χ0) is 15.1. The topological polar surface area (TPSA) is 46.9 Å². The molecular weight excluding hydrogens is 377 g/mol. The van der Waals surface area contributed by atoms with Crippen LogP contribution >= 0.6 is 39.1 Å². The maximum absolute atomic E-state index is 12.4. The summed E-state index contributed by atoms with van der Waals surface area (Å²) in [5, 5.41) is 3.54. The summed E-state index contributed by atoms with van der Waals surface area (Å²) in [6.45, 7) is 1.76. The van der Waals surface area contributed by atoms with E-state index in [0.29, 0.717) is 33.3 Å². The highest BCUT2D eigenvalue weighted by Crippen LogP contribution is 2.37. The maximum atomic E-state index is 12.4. The van der Waals surface area contributed by atoms with Crippen molar-refractivity contribution < 1.29 is 4.79 Å². The summed E-state index contributed by atoms with van der Waals surface area (Å²) in [6, 6.07) is 3.79. The Morgan fingerprint density at radius 2 is 2.10 bits per heavy atom. The molecule has 110 valence electrons. The smallest absolute Gasteiger partial charge is 0.273 e. The van der Waals surface area contributed by atoms with E-state index in [1.54, 1.807) is 19.1 Å². The van der Waals surface area contributed by atoms with Crippen LogP contribution in [0.1, 0.15) is 35.1 Å². The molecular formula is C14H12BrCl2N3O. The molecule has 1 saturated carbocycles. The van der Waals surface area contributed by atoms with Crippen molar-refractivity contribution in [1.82, 2.24) is 9.55 Å². The molecule has 21 heavy (non-hydrogen) atoms. The third kappa shape index (κ3) is 3.10. The number of aryl methyl sites for hydroxylation is 1. The summed E-state index contributed by atoms with van der Waals surface area (Å²) in [5.41, 5.74) is 1.21. The van der Waals surface area contributed by atoms with Gasteiger partial charge in [0, 0.05) is 16.7 Å². The highest BCUT2D eigenvalue weighted by Gasteiger charge is 2.28. The van der Waals surface area contributed by atoms with Crippen LogP contribution in [0.4, 0.5) is 5.82 Å². The molecule has 4 nitrogen and oxygen atoms in total. The third-order valence-electron chi connectivity index (χ3n) is 3.32. The van der Waals surface area contributed by atoms with Crippen LogP contribution in [0.25, 0.3) is 0 Å². The molecule has 0 unspecified atom stereocenters. The zero-order valence-corrected chi connectivity index (χ0v) is 14.3. The molecule has 0 aromatic carbocycles. The van der Waals surface area contributed by atoms with E-state index in [1.165, 1.54) is 0 Å². The van der Waals surface area contributed by atoms with Gasteiger partial charge in [0.15, 0.2) is 5.82 Å². The SMILES string of the molecule is Cc1nc(NC(=O)c2cc(Br)cn2C2CC2)c(Cl)cc1Cl. The molecule has 0 spiro atoms. The predicted octanol–water partition coefficient (Wildman–Crippen LogP) is 4.85. The minimum Gasteiger partial charge on any atom is -0.339 e. The standard InChI is InChI=1S/C14H12BrCl2N3O/c1-7-10(16)5-11(17)13(18-7)19-14(21)12-4-8(15)6-20(12)9-2-3-9/h4-6,9H,2-3H2,1H3,(H,18,19,21). The van der Waals surface area contributed by atoms with Crippen LogP contribution in [-0.4, -0.2) is 15.5 Å². The molecule has 3 rings (SSSR count). The minimum absolute atomic E-state index is 0.233. The van der Waals surface area contributed by atoms with Crippen molar-refractivity contribution in [3.05, 3.63) is 44.2 Å². The summed E-state index contributed by atoms with van der Waals surface area (Å²) < 4.78 is 2.86. The van der Waals surface area contributed by atoms with E-state index >= 15 is 0 Å². The number of rotatable bonds is 3. The number of pyridine rings is 1. The van der Waals surface area contributed by atoms with Crippen LogP contribution < -0.4 is 5.32 Å². The van der Waals surface area contributed by atoms with Crippen molar-refractivity contribution in [1.29, 1.82) is 0 Å². The lowest BCUT2D eigenvalue weighted by atomic mass is 10.3. The van der Waals surface area contributed by atoms with Gasteiger partial charge in [-0.25, -0.2) is 4.98 Å². The first-order chi connectivity index (χ1) is 9.95. The van der Waals surface area contributed by atoms with E-state index in [9.17, 15) is 4.79 Å². The van der Waals surface area contributed by atoms with E-state index in [1.807, 2.05) is 10.8 Å². The molecule has 2 heterocycles. The zero-order valence-electron chi connectivity index (χ0n) is 11.2. The summed E-state index contributed by atoms with van der Waals surface area (Å²) in [6.07, 6.45) is 4.12. The van der Waals surface area contributed by atoms with E-state index in [4.69, 9.17) is 23.2 Å². The summed E-state index contributed by atoms with van der Waals surface area (Å²) >= 11 is 15.4. The van der Waals surface area contributed by atoms with Gasteiger partial charge in [-0.3, -0.25) is 4.79 Å². The average Bonchev–Trinajstić information content (AvgIpc) is 3.18. The van der Waals surface area contributed by atoms with Crippen LogP contribution in [0.2, 0.25) is 10.0 Å². The molecule has 0 radical (unpaired) electrons. The van der Waals surface area contributed by atoms with Crippen LogP contribution in [0.5, 0.6) is 0 Å². The second-order valence-corrected chi connectivity index (χ2v) is 6.75. The molecule has 0 bridgehead atoms. The lowest BCUT2D eigenvalue weighted by Gasteiger charge is -2.10. The molecule has 1 aliphatic carbocycles. The molecule has 1 amide bonds. The lowest BCUT2D eigenvalue weighted by molar-refractivity contribution is 0.101. The van der Waals surface area contributed by atoms with Gasteiger partial charge in [-0.1, -0.05) is 23.2 Å². The van der Waals surface area contributed by atoms with E-state index in [0.717, 1.165) is 17.3 Å². The Bertz CT molecular complexity index is 725. The van der Waals surface area contributed by atoms with Crippen molar-refractivity contribution in [2.45, 2.75) is 25.8 Å². The van der Waals surface area contributed by atoms with Crippen molar-refractivity contribution in [2.24, 2.45) is 0 Å². The van der Waals surface area contributed by atoms with Gasteiger partial charge in [0.05, 0.1) is 15.7 Å². The highest BCUT2D eigenvalue weighted by atomic mass is 79.9. The molecule has 1 aliphatic rings. The largest absolute Gasteiger partial charge is 0.339 e. The van der Waals surface area contributed by atoms with Gasteiger partial charge in [-0.2, -0.15) is 0 Å². The third-order valence-corrected chi connectivity index (χ3v) is 4.43. The molecule has 0 aliphatic heterocycles. The Kier molecular flexibility index (Phi) is 3.99. The Morgan fingerprint density at radius 1 is 1.38 bits per heavy atom. The van der Waals surface area contributed by atoms with E-state index in [-0.39, 0.29) is 5.91 Å². The fourth-order valence-electron chi connectivity index (χ4n) is 2.10.